The zero-order valence-electron chi connectivity index (χ0n) is 13.0. The first-order valence-electron chi connectivity index (χ1n) is 7.15. The van der Waals surface area contributed by atoms with Gasteiger partial charge in [-0.25, -0.2) is 4.99 Å². The Balaban J connectivity index is 0.00000400. The van der Waals surface area contributed by atoms with E-state index in [4.69, 9.17) is 9.26 Å². The first kappa shape index (κ1) is 20.1. The smallest absolute Gasteiger partial charge is 0.223 e. The van der Waals surface area contributed by atoms with Crippen LogP contribution in [0.25, 0.3) is 0 Å². The lowest BCUT2D eigenvalue weighted by Crippen LogP contribution is -2.37. The Bertz CT molecular complexity index is 398. The van der Waals surface area contributed by atoms with Crippen molar-refractivity contribution >= 4 is 29.9 Å². The molecule has 0 spiro atoms. The zero-order chi connectivity index (χ0) is 14.6. The molecule has 0 unspecified atom stereocenters. The fraction of sp³-hybridized carbons (Fsp3) is 0.769. The number of hydrogen-bond donors (Lipinski definition) is 2. The van der Waals surface area contributed by atoms with Crippen LogP contribution in [0.15, 0.2) is 9.52 Å². The molecule has 0 saturated heterocycles. The van der Waals surface area contributed by atoms with Crippen LogP contribution in [0.4, 0.5) is 0 Å². The lowest BCUT2D eigenvalue weighted by atomic mass is 10.3. The first-order valence-corrected chi connectivity index (χ1v) is 7.15. The van der Waals surface area contributed by atoms with Gasteiger partial charge < -0.3 is 19.9 Å². The molecule has 122 valence electrons. The molecule has 1 heterocycles. The van der Waals surface area contributed by atoms with Crippen molar-refractivity contribution in [3.63, 3.8) is 0 Å². The van der Waals surface area contributed by atoms with Gasteiger partial charge in [0.25, 0.3) is 0 Å². The Labute approximate surface area is 143 Å². The highest BCUT2D eigenvalue weighted by Gasteiger charge is 2.02. The molecule has 1 rings (SSSR count). The SMILES string of the molecule is CCNC(=NCc1noc(C)n1)NCCCCOCC.I. The molecule has 0 aromatic carbocycles. The zero-order valence-corrected chi connectivity index (χ0v) is 15.3. The monoisotopic (exact) mass is 411 g/mol. The minimum Gasteiger partial charge on any atom is -0.382 e. The number of rotatable bonds is 9. The van der Waals surface area contributed by atoms with Gasteiger partial charge in [-0.15, -0.1) is 24.0 Å². The summed E-state index contributed by atoms with van der Waals surface area (Å²) in [6.07, 6.45) is 2.09. The van der Waals surface area contributed by atoms with Gasteiger partial charge in [-0.3, -0.25) is 0 Å². The van der Waals surface area contributed by atoms with Crippen molar-refractivity contribution in [2.75, 3.05) is 26.3 Å². The number of halogens is 1. The van der Waals surface area contributed by atoms with Gasteiger partial charge in [-0.05, 0) is 26.7 Å². The summed E-state index contributed by atoms with van der Waals surface area (Å²) in [6.45, 7) is 9.49. The second kappa shape index (κ2) is 12.8. The molecule has 7 nitrogen and oxygen atoms in total. The number of guanidine groups is 1. The number of ether oxygens (including phenoxy) is 1. The summed E-state index contributed by atoms with van der Waals surface area (Å²) in [4.78, 5) is 8.53. The van der Waals surface area contributed by atoms with Crippen LogP contribution in [0.2, 0.25) is 0 Å². The van der Waals surface area contributed by atoms with Crippen LogP contribution >= 0.6 is 24.0 Å². The minimum atomic E-state index is 0. The summed E-state index contributed by atoms with van der Waals surface area (Å²) in [5.41, 5.74) is 0. The number of nitrogens with one attached hydrogen (secondary N) is 2. The van der Waals surface area contributed by atoms with E-state index >= 15 is 0 Å². The maximum Gasteiger partial charge on any atom is 0.223 e. The van der Waals surface area contributed by atoms with Crippen molar-refractivity contribution in [2.45, 2.75) is 40.2 Å². The maximum absolute atomic E-state index is 5.30. The Morgan fingerprint density at radius 1 is 1.29 bits per heavy atom. The molecule has 1 aromatic rings. The number of hydrogen-bond acceptors (Lipinski definition) is 5. The predicted octanol–water partition coefficient (Wildman–Crippen LogP) is 1.87. The lowest BCUT2D eigenvalue weighted by Gasteiger charge is -2.10. The van der Waals surface area contributed by atoms with E-state index in [1.54, 1.807) is 6.92 Å². The summed E-state index contributed by atoms with van der Waals surface area (Å²) in [5, 5.41) is 10.3. The van der Waals surface area contributed by atoms with Crippen LogP contribution in [0.1, 0.15) is 38.4 Å². The van der Waals surface area contributed by atoms with E-state index in [-0.39, 0.29) is 24.0 Å². The maximum atomic E-state index is 5.30. The summed E-state index contributed by atoms with van der Waals surface area (Å²) >= 11 is 0. The van der Waals surface area contributed by atoms with Crippen molar-refractivity contribution in [3.05, 3.63) is 11.7 Å². The normalized spacial score (nSPS) is 11.1. The van der Waals surface area contributed by atoms with Gasteiger partial charge in [-0.1, -0.05) is 5.16 Å². The molecule has 0 fully saturated rings. The quantitative estimate of drug-likeness (QED) is 0.279. The Hall–Kier alpha value is -0.900. The van der Waals surface area contributed by atoms with E-state index in [0.717, 1.165) is 45.1 Å². The number of nitrogens with zero attached hydrogens (tertiary/aromatic N) is 3. The minimum absolute atomic E-state index is 0. The van der Waals surface area contributed by atoms with E-state index < -0.39 is 0 Å². The molecule has 0 aliphatic heterocycles. The van der Waals surface area contributed by atoms with Gasteiger partial charge in [0.1, 0.15) is 6.54 Å². The Morgan fingerprint density at radius 3 is 2.71 bits per heavy atom. The van der Waals surface area contributed by atoms with Crippen molar-refractivity contribution < 1.29 is 9.26 Å². The van der Waals surface area contributed by atoms with Gasteiger partial charge >= 0.3 is 0 Å². The third-order valence-corrected chi connectivity index (χ3v) is 2.50. The summed E-state index contributed by atoms with van der Waals surface area (Å²) in [7, 11) is 0. The summed E-state index contributed by atoms with van der Waals surface area (Å²) in [5.74, 6) is 1.92. The summed E-state index contributed by atoms with van der Waals surface area (Å²) < 4.78 is 10.2. The van der Waals surface area contributed by atoms with Crippen LogP contribution in [0.3, 0.4) is 0 Å². The fourth-order valence-electron chi connectivity index (χ4n) is 1.58. The number of unbranched alkanes of at least 4 members (excludes halogenated alkanes) is 1. The average molecular weight is 411 g/mol. The largest absolute Gasteiger partial charge is 0.382 e. The first-order chi connectivity index (χ1) is 9.76. The third-order valence-electron chi connectivity index (χ3n) is 2.50. The topological polar surface area (TPSA) is 84.6 Å². The molecule has 0 bridgehead atoms. The molecule has 0 atom stereocenters. The third kappa shape index (κ3) is 9.62. The van der Waals surface area contributed by atoms with Crippen LogP contribution in [-0.2, 0) is 11.3 Å². The Morgan fingerprint density at radius 2 is 2.10 bits per heavy atom. The molecule has 21 heavy (non-hydrogen) atoms. The van der Waals surface area contributed by atoms with Crippen molar-refractivity contribution in [2.24, 2.45) is 4.99 Å². The average Bonchev–Trinajstić information content (AvgIpc) is 2.85. The van der Waals surface area contributed by atoms with E-state index in [0.29, 0.717) is 18.3 Å². The van der Waals surface area contributed by atoms with Gasteiger partial charge in [-0.2, -0.15) is 4.98 Å². The summed E-state index contributed by atoms with van der Waals surface area (Å²) in [6, 6.07) is 0. The molecule has 8 heteroatoms. The van der Waals surface area contributed by atoms with Gasteiger partial charge in [0.15, 0.2) is 11.8 Å². The molecule has 0 aliphatic carbocycles. The predicted molar refractivity (Wildman–Crippen MR) is 93.0 cm³/mol. The molecule has 0 saturated carbocycles. The highest BCUT2D eigenvalue weighted by Crippen LogP contribution is 1.96. The molecule has 0 amide bonds. The Kier molecular flexibility index (Phi) is 12.3. The molecule has 1 aromatic heterocycles. The fourth-order valence-corrected chi connectivity index (χ4v) is 1.58. The number of aryl methyl sites for hydroxylation is 1. The van der Waals surface area contributed by atoms with E-state index in [9.17, 15) is 0 Å². The number of aromatic nitrogens is 2. The van der Waals surface area contributed by atoms with Crippen molar-refractivity contribution in [3.8, 4) is 0 Å². The van der Waals surface area contributed by atoms with E-state index in [1.807, 2.05) is 13.8 Å². The van der Waals surface area contributed by atoms with E-state index in [1.165, 1.54) is 0 Å². The second-order valence-corrected chi connectivity index (χ2v) is 4.26. The van der Waals surface area contributed by atoms with Crippen LogP contribution in [-0.4, -0.2) is 42.4 Å². The molecule has 0 radical (unpaired) electrons. The highest BCUT2D eigenvalue weighted by atomic mass is 127. The molecular weight excluding hydrogens is 385 g/mol. The second-order valence-electron chi connectivity index (χ2n) is 4.26. The van der Waals surface area contributed by atoms with Gasteiger partial charge in [0.2, 0.25) is 5.89 Å². The van der Waals surface area contributed by atoms with Crippen molar-refractivity contribution in [1.29, 1.82) is 0 Å². The van der Waals surface area contributed by atoms with Gasteiger partial charge in [0, 0.05) is 33.2 Å². The molecular formula is C13H26IN5O2. The molecule has 2 N–H and O–H groups in total. The van der Waals surface area contributed by atoms with Gasteiger partial charge in [0.05, 0.1) is 0 Å². The molecule has 0 aliphatic rings. The number of aliphatic imine (C=N–C) groups is 1. The van der Waals surface area contributed by atoms with Crippen LogP contribution < -0.4 is 10.6 Å². The standard InChI is InChI=1S/C13H25N5O2.HI/c1-4-14-13(15-8-6-7-9-19-5-2)16-10-12-17-11(3)20-18-12;/h4-10H2,1-3H3,(H2,14,15,16);1H. The highest BCUT2D eigenvalue weighted by molar-refractivity contribution is 14.0. The van der Waals surface area contributed by atoms with E-state index in [2.05, 4.69) is 25.8 Å². The van der Waals surface area contributed by atoms with Crippen LogP contribution in [0.5, 0.6) is 0 Å². The lowest BCUT2D eigenvalue weighted by molar-refractivity contribution is 0.143. The van der Waals surface area contributed by atoms with Crippen molar-refractivity contribution in [1.82, 2.24) is 20.8 Å². The van der Waals surface area contributed by atoms with Crippen LogP contribution in [0, 0.1) is 6.92 Å².